The molecule has 0 aliphatic rings. The van der Waals surface area contributed by atoms with E-state index in [9.17, 15) is 0 Å². The zero-order chi connectivity index (χ0) is 15.2. The molecule has 112 valence electrons. The standard InChI is InChI=1S/C18H24N2O/c1-5-10-19-12-16-6-8-17(20-14(16)3)15-7-9-18(21-4)13(2)11-15/h6-9,11,19H,5,10,12H2,1-4H3. The molecule has 0 radical (unpaired) electrons. The molecule has 0 unspecified atom stereocenters. The maximum Gasteiger partial charge on any atom is 0.121 e. The third-order valence-corrected chi connectivity index (χ3v) is 3.63. The Morgan fingerprint density at radius 2 is 1.95 bits per heavy atom. The van der Waals surface area contributed by atoms with E-state index in [1.165, 1.54) is 5.56 Å². The van der Waals surface area contributed by atoms with Gasteiger partial charge in [0.15, 0.2) is 0 Å². The van der Waals surface area contributed by atoms with E-state index in [1.807, 2.05) is 6.07 Å². The number of nitrogens with zero attached hydrogens (tertiary/aromatic N) is 1. The lowest BCUT2D eigenvalue weighted by atomic mass is 10.1. The molecule has 0 spiro atoms. The summed E-state index contributed by atoms with van der Waals surface area (Å²) in [5, 5.41) is 3.42. The van der Waals surface area contributed by atoms with Gasteiger partial charge in [0.1, 0.15) is 5.75 Å². The van der Waals surface area contributed by atoms with Crippen molar-refractivity contribution in [2.24, 2.45) is 0 Å². The van der Waals surface area contributed by atoms with Gasteiger partial charge in [0.2, 0.25) is 0 Å². The second-order valence-electron chi connectivity index (χ2n) is 5.30. The molecule has 21 heavy (non-hydrogen) atoms. The van der Waals surface area contributed by atoms with Crippen LogP contribution >= 0.6 is 0 Å². The summed E-state index contributed by atoms with van der Waals surface area (Å²) in [4.78, 5) is 4.74. The van der Waals surface area contributed by atoms with Crippen molar-refractivity contribution in [1.29, 1.82) is 0 Å². The Kier molecular flexibility index (Phi) is 5.34. The summed E-state index contributed by atoms with van der Waals surface area (Å²) in [6, 6.07) is 10.4. The van der Waals surface area contributed by atoms with Crippen LogP contribution in [0.5, 0.6) is 5.75 Å². The van der Waals surface area contributed by atoms with Crippen molar-refractivity contribution in [3.05, 3.63) is 47.2 Å². The van der Waals surface area contributed by atoms with Gasteiger partial charge in [-0.25, -0.2) is 0 Å². The molecule has 3 heteroatoms. The Labute approximate surface area is 127 Å². The van der Waals surface area contributed by atoms with Gasteiger partial charge in [0, 0.05) is 17.8 Å². The van der Waals surface area contributed by atoms with Crippen LogP contribution in [0.2, 0.25) is 0 Å². The predicted molar refractivity (Wildman–Crippen MR) is 87.7 cm³/mol. The lowest BCUT2D eigenvalue weighted by molar-refractivity contribution is 0.412. The molecule has 2 rings (SSSR count). The second kappa shape index (κ2) is 7.23. The van der Waals surface area contributed by atoms with E-state index in [1.54, 1.807) is 7.11 Å². The SMILES string of the molecule is CCCNCc1ccc(-c2ccc(OC)c(C)c2)nc1C. The van der Waals surface area contributed by atoms with Gasteiger partial charge in [-0.15, -0.1) is 0 Å². The van der Waals surface area contributed by atoms with Crippen LogP contribution in [0.15, 0.2) is 30.3 Å². The predicted octanol–water partition coefficient (Wildman–Crippen LogP) is 3.87. The normalized spacial score (nSPS) is 10.7. The molecule has 0 aliphatic heterocycles. The number of hydrogen-bond acceptors (Lipinski definition) is 3. The Morgan fingerprint density at radius 3 is 2.57 bits per heavy atom. The van der Waals surface area contributed by atoms with Gasteiger partial charge >= 0.3 is 0 Å². The van der Waals surface area contributed by atoms with E-state index >= 15 is 0 Å². The van der Waals surface area contributed by atoms with Crippen LogP contribution in [0.4, 0.5) is 0 Å². The highest BCUT2D eigenvalue weighted by Gasteiger charge is 2.06. The van der Waals surface area contributed by atoms with Gasteiger partial charge in [0.05, 0.1) is 12.8 Å². The summed E-state index contributed by atoms with van der Waals surface area (Å²) in [7, 11) is 1.70. The molecule has 0 bridgehead atoms. The van der Waals surface area contributed by atoms with Gasteiger partial charge in [-0.2, -0.15) is 0 Å². The van der Waals surface area contributed by atoms with E-state index in [0.717, 1.165) is 47.8 Å². The first-order valence-electron chi connectivity index (χ1n) is 7.48. The molecule has 0 amide bonds. The number of ether oxygens (including phenoxy) is 1. The fourth-order valence-electron chi connectivity index (χ4n) is 2.38. The van der Waals surface area contributed by atoms with Crippen LogP contribution in [-0.4, -0.2) is 18.6 Å². The number of aryl methyl sites for hydroxylation is 2. The number of methoxy groups -OCH3 is 1. The molecule has 1 aromatic carbocycles. The van der Waals surface area contributed by atoms with Crippen LogP contribution in [0.3, 0.4) is 0 Å². The Balaban J connectivity index is 2.21. The van der Waals surface area contributed by atoms with Gasteiger partial charge in [-0.1, -0.05) is 13.0 Å². The average Bonchev–Trinajstić information content (AvgIpc) is 2.49. The first-order chi connectivity index (χ1) is 10.2. The number of hydrogen-bond donors (Lipinski definition) is 1. The highest BCUT2D eigenvalue weighted by molar-refractivity contribution is 5.62. The van der Waals surface area contributed by atoms with Crippen molar-refractivity contribution in [1.82, 2.24) is 10.3 Å². The molecular weight excluding hydrogens is 260 g/mol. The highest BCUT2D eigenvalue weighted by atomic mass is 16.5. The third kappa shape index (κ3) is 3.82. The zero-order valence-electron chi connectivity index (χ0n) is 13.4. The van der Waals surface area contributed by atoms with Crippen molar-refractivity contribution >= 4 is 0 Å². The molecule has 1 N–H and O–H groups in total. The van der Waals surface area contributed by atoms with Crippen LogP contribution in [-0.2, 0) is 6.54 Å². The van der Waals surface area contributed by atoms with Gasteiger partial charge < -0.3 is 10.1 Å². The largest absolute Gasteiger partial charge is 0.496 e. The quantitative estimate of drug-likeness (QED) is 0.818. The van der Waals surface area contributed by atoms with Crippen molar-refractivity contribution in [3.63, 3.8) is 0 Å². The number of rotatable bonds is 6. The van der Waals surface area contributed by atoms with Gasteiger partial charge in [0.25, 0.3) is 0 Å². The zero-order valence-corrected chi connectivity index (χ0v) is 13.4. The molecule has 3 nitrogen and oxygen atoms in total. The highest BCUT2D eigenvalue weighted by Crippen LogP contribution is 2.25. The lowest BCUT2D eigenvalue weighted by Gasteiger charge is -2.10. The number of pyridine rings is 1. The maximum atomic E-state index is 5.30. The number of nitrogens with one attached hydrogen (secondary N) is 1. The van der Waals surface area contributed by atoms with E-state index in [-0.39, 0.29) is 0 Å². The van der Waals surface area contributed by atoms with E-state index < -0.39 is 0 Å². The fraction of sp³-hybridized carbons (Fsp3) is 0.389. The van der Waals surface area contributed by atoms with Crippen molar-refractivity contribution in [3.8, 4) is 17.0 Å². The second-order valence-corrected chi connectivity index (χ2v) is 5.30. The smallest absolute Gasteiger partial charge is 0.121 e. The van der Waals surface area contributed by atoms with E-state index in [0.29, 0.717) is 0 Å². The third-order valence-electron chi connectivity index (χ3n) is 3.63. The van der Waals surface area contributed by atoms with Gasteiger partial charge in [-0.05, 0) is 62.2 Å². The summed E-state index contributed by atoms with van der Waals surface area (Å²) >= 11 is 0. The molecule has 0 atom stereocenters. The van der Waals surface area contributed by atoms with Crippen LogP contribution in [0.25, 0.3) is 11.3 Å². The summed E-state index contributed by atoms with van der Waals surface area (Å²) < 4.78 is 5.30. The minimum atomic E-state index is 0.884. The molecule has 1 aromatic heterocycles. The monoisotopic (exact) mass is 284 g/mol. The van der Waals surface area contributed by atoms with E-state index in [4.69, 9.17) is 9.72 Å². The minimum Gasteiger partial charge on any atom is -0.496 e. The summed E-state index contributed by atoms with van der Waals surface area (Å²) in [5.41, 5.74) is 5.62. The van der Waals surface area contributed by atoms with Crippen LogP contribution < -0.4 is 10.1 Å². The summed E-state index contributed by atoms with van der Waals surface area (Å²) in [6.07, 6.45) is 1.15. The molecule has 1 heterocycles. The molecule has 0 fully saturated rings. The average molecular weight is 284 g/mol. The first-order valence-corrected chi connectivity index (χ1v) is 7.48. The first kappa shape index (κ1) is 15.5. The summed E-state index contributed by atoms with van der Waals surface area (Å²) in [5.74, 6) is 0.913. The molecule has 0 aliphatic carbocycles. The number of aromatic nitrogens is 1. The topological polar surface area (TPSA) is 34.1 Å². The Morgan fingerprint density at radius 1 is 1.14 bits per heavy atom. The molecule has 2 aromatic rings. The lowest BCUT2D eigenvalue weighted by Crippen LogP contribution is -2.15. The molecule has 0 saturated heterocycles. The van der Waals surface area contributed by atoms with E-state index in [2.05, 4.69) is 50.4 Å². The summed E-state index contributed by atoms with van der Waals surface area (Å²) in [6.45, 7) is 8.22. The van der Waals surface area contributed by atoms with Crippen LogP contribution in [0.1, 0.15) is 30.2 Å². The van der Waals surface area contributed by atoms with Crippen molar-refractivity contribution in [2.75, 3.05) is 13.7 Å². The van der Waals surface area contributed by atoms with Crippen molar-refractivity contribution in [2.45, 2.75) is 33.7 Å². The number of benzene rings is 1. The van der Waals surface area contributed by atoms with Gasteiger partial charge in [-0.3, -0.25) is 4.98 Å². The Bertz CT molecular complexity index is 608. The van der Waals surface area contributed by atoms with Crippen LogP contribution in [0, 0.1) is 13.8 Å². The molecular formula is C18H24N2O. The molecule has 0 saturated carbocycles. The Hall–Kier alpha value is -1.87. The maximum absolute atomic E-state index is 5.30. The minimum absolute atomic E-state index is 0.884. The fourth-order valence-corrected chi connectivity index (χ4v) is 2.38. The van der Waals surface area contributed by atoms with Crippen molar-refractivity contribution < 1.29 is 4.74 Å².